The molecule has 0 saturated carbocycles. The number of nitrogens with two attached hydrogens (primary N) is 1. The Morgan fingerprint density at radius 3 is 2.85 bits per heavy atom. The number of benzene rings is 1. The largest absolute Gasteiger partial charge is 0.465 e. The minimum absolute atomic E-state index is 0.0438. The molecule has 0 spiro atoms. The zero-order valence-electron chi connectivity index (χ0n) is 11.6. The van der Waals surface area contributed by atoms with Gasteiger partial charge in [0.2, 0.25) is 0 Å². The third kappa shape index (κ3) is 2.70. The summed E-state index contributed by atoms with van der Waals surface area (Å²) >= 11 is 0. The molecule has 0 amide bonds. The molecule has 1 heterocycles. The van der Waals surface area contributed by atoms with E-state index in [-0.39, 0.29) is 23.3 Å². The first kappa shape index (κ1) is 14.6. The fraction of sp³-hybridized carbons (Fsp3) is 0.500. The van der Waals surface area contributed by atoms with Gasteiger partial charge in [-0.2, -0.15) is 0 Å². The van der Waals surface area contributed by atoms with Crippen molar-refractivity contribution in [2.24, 2.45) is 5.92 Å². The van der Waals surface area contributed by atoms with Gasteiger partial charge in [0.25, 0.3) is 0 Å². The van der Waals surface area contributed by atoms with Crippen LogP contribution in [-0.4, -0.2) is 37.4 Å². The van der Waals surface area contributed by atoms with Gasteiger partial charge in [0.15, 0.2) is 0 Å². The molecular weight excluding hydrogens is 263 g/mol. The third-order valence-corrected chi connectivity index (χ3v) is 3.72. The van der Waals surface area contributed by atoms with Crippen LogP contribution in [0.4, 0.5) is 15.8 Å². The molecule has 1 aromatic carbocycles. The number of methoxy groups -OCH3 is 1. The molecule has 2 rings (SSSR count). The molecule has 3 N–H and O–H groups in total. The fourth-order valence-corrected chi connectivity index (χ4v) is 2.46. The zero-order chi connectivity index (χ0) is 14.9. The van der Waals surface area contributed by atoms with Gasteiger partial charge in [-0.25, -0.2) is 9.18 Å². The van der Waals surface area contributed by atoms with E-state index in [4.69, 9.17) is 5.73 Å². The smallest absolute Gasteiger partial charge is 0.340 e. The number of carbonyl (C=O) groups is 1. The van der Waals surface area contributed by atoms with Crippen LogP contribution in [0.3, 0.4) is 0 Å². The quantitative estimate of drug-likeness (QED) is 0.633. The lowest BCUT2D eigenvalue weighted by molar-refractivity contribution is 0.0601. The molecule has 20 heavy (non-hydrogen) atoms. The van der Waals surface area contributed by atoms with E-state index >= 15 is 0 Å². The molecule has 0 aliphatic carbocycles. The molecule has 0 radical (unpaired) electrons. The van der Waals surface area contributed by atoms with E-state index in [9.17, 15) is 14.3 Å². The number of hydrogen-bond acceptors (Lipinski definition) is 5. The van der Waals surface area contributed by atoms with Crippen molar-refractivity contribution in [1.82, 2.24) is 0 Å². The van der Waals surface area contributed by atoms with Gasteiger partial charge in [0.1, 0.15) is 5.82 Å². The molecule has 6 heteroatoms. The van der Waals surface area contributed by atoms with Gasteiger partial charge in [-0.15, -0.1) is 0 Å². The molecular formula is C14H19FN2O3. The van der Waals surface area contributed by atoms with Gasteiger partial charge >= 0.3 is 5.97 Å². The van der Waals surface area contributed by atoms with Gasteiger partial charge in [-0.3, -0.25) is 0 Å². The minimum Gasteiger partial charge on any atom is -0.465 e. The first-order valence-corrected chi connectivity index (χ1v) is 6.54. The summed E-state index contributed by atoms with van der Waals surface area (Å²) in [5, 5.41) is 9.72. The fourth-order valence-electron chi connectivity index (χ4n) is 2.46. The van der Waals surface area contributed by atoms with Gasteiger partial charge in [-0.1, -0.05) is 6.92 Å². The molecule has 0 bridgehead atoms. The molecule has 1 aliphatic rings. The Hall–Kier alpha value is -1.82. The Morgan fingerprint density at radius 2 is 2.25 bits per heavy atom. The SMILES string of the molecule is COC(=O)c1cc(N2CCC(O)C(C)C2)c(F)cc1N. The summed E-state index contributed by atoms with van der Waals surface area (Å²) in [6.45, 7) is 2.98. The van der Waals surface area contributed by atoms with Gasteiger partial charge < -0.3 is 20.5 Å². The second-order valence-corrected chi connectivity index (χ2v) is 5.16. The van der Waals surface area contributed by atoms with E-state index in [1.165, 1.54) is 13.2 Å². The second kappa shape index (κ2) is 5.66. The van der Waals surface area contributed by atoms with E-state index in [2.05, 4.69) is 4.74 Å². The third-order valence-electron chi connectivity index (χ3n) is 3.72. The normalized spacial score (nSPS) is 22.7. The Morgan fingerprint density at radius 1 is 1.55 bits per heavy atom. The predicted molar refractivity (Wildman–Crippen MR) is 74.2 cm³/mol. The number of nitrogens with zero attached hydrogens (tertiary/aromatic N) is 1. The van der Waals surface area contributed by atoms with Gasteiger partial charge in [0.05, 0.1) is 24.5 Å². The maximum absolute atomic E-state index is 14.1. The number of anilines is 2. The van der Waals surface area contributed by atoms with Crippen molar-refractivity contribution in [3.63, 3.8) is 0 Å². The highest BCUT2D eigenvalue weighted by Gasteiger charge is 2.27. The number of esters is 1. The predicted octanol–water partition coefficient (Wildman–Crippen LogP) is 1.40. The first-order chi connectivity index (χ1) is 9.43. The van der Waals surface area contributed by atoms with Crippen LogP contribution in [-0.2, 0) is 4.74 Å². The topological polar surface area (TPSA) is 75.8 Å². The number of aliphatic hydroxyl groups excluding tert-OH is 1. The number of nitrogen functional groups attached to an aromatic ring is 1. The number of rotatable bonds is 2. The van der Waals surface area contributed by atoms with Crippen molar-refractivity contribution >= 4 is 17.3 Å². The summed E-state index contributed by atoms with van der Waals surface area (Å²) in [6.07, 6.45) is 0.196. The average Bonchev–Trinajstić information content (AvgIpc) is 2.41. The maximum Gasteiger partial charge on any atom is 0.340 e. The van der Waals surface area contributed by atoms with Crippen molar-refractivity contribution in [2.75, 3.05) is 30.8 Å². The Labute approximate surface area is 117 Å². The second-order valence-electron chi connectivity index (χ2n) is 5.16. The number of aliphatic hydroxyl groups is 1. The first-order valence-electron chi connectivity index (χ1n) is 6.54. The van der Waals surface area contributed by atoms with Crippen LogP contribution in [0, 0.1) is 11.7 Å². The molecule has 2 unspecified atom stereocenters. The maximum atomic E-state index is 14.1. The van der Waals surface area contributed by atoms with Crippen LogP contribution >= 0.6 is 0 Å². The van der Waals surface area contributed by atoms with Crippen LogP contribution in [0.1, 0.15) is 23.7 Å². The van der Waals surface area contributed by atoms with Crippen molar-refractivity contribution in [3.05, 3.63) is 23.5 Å². The van der Waals surface area contributed by atoms with Crippen LogP contribution < -0.4 is 10.6 Å². The van der Waals surface area contributed by atoms with Crippen molar-refractivity contribution < 1.29 is 19.0 Å². The molecule has 2 atom stereocenters. The summed E-state index contributed by atoms with van der Waals surface area (Å²) in [7, 11) is 1.25. The Kier molecular flexibility index (Phi) is 4.13. The summed E-state index contributed by atoms with van der Waals surface area (Å²) < 4.78 is 18.7. The highest BCUT2D eigenvalue weighted by atomic mass is 19.1. The number of ether oxygens (including phenoxy) is 1. The van der Waals surface area contributed by atoms with Crippen molar-refractivity contribution in [1.29, 1.82) is 0 Å². The standard InChI is InChI=1S/C14H19FN2O3/c1-8-7-17(4-3-13(8)18)12-5-9(14(19)20-2)11(16)6-10(12)15/h5-6,8,13,18H,3-4,7,16H2,1-2H3. The zero-order valence-corrected chi connectivity index (χ0v) is 11.6. The van der Waals surface area contributed by atoms with E-state index < -0.39 is 11.8 Å². The number of piperidine rings is 1. The Bertz CT molecular complexity index is 521. The van der Waals surface area contributed by atoms with Crippen LogP contribution in [0.5, 0.6) is 0 Å². The lowest BCUT2D eigenvalue weighted by Gasteiger charge is -2.36. The molecule has 110 valence electrons. The summed E-state index contributed by atoms with van der Waals surface area (Å²) in [6, 6.07) is 2.55. The van der Waals surface area contributed by atoms with E-state index in [0.29, 0.717) is 25.2 Å². The Balaban J connectivity index is 2.34. The summed E-state index contributed by atoms with van der Waals surface area (Å²) in [4.78, 5) is 13.4. The van der Waals surface area contributed by atoms with E-state index in [1.54, 1.807) is 0 Å². The van der Waals surface area contributed by atoms with Crippen LogP contribution in [0.25, 0.3) is 0 Å². The van der Waals surface area contributed by atoms with Crippen molar-refractivity contribution in [3.8, 4) is 0 Å². The highest BCUT2D eigenvalue weighted by Crippen LogP contribution is 2.29. The van der Waals surface area contributed by atoms with Gasteiger partial charge in [0, 0.05) is 18.8 Å². The summed E-state index contributed by atoms with van der Waals surface area (Å²) in [5.74, 6) is -1.02. The molecule has 5 nitrogen and oxygen atoms in total. The monoisotopic (exact) mass is 282 g/mol. The van der Waals surface area contributed by atoms with Crippen LogP contribution in [0.2, 0.25) is 0 Å². The average molecular weight is 282 g/mol. The number of carbonyl (C=O) groups excluding carboxylic acids is 1. The molecule has 0 aromatic heterocycles. The van der Waals surface area contributed by atoms with Crippen LogP contribution in [0.15, 0.2) is 12.1 Å². The molecule has 1 saturated heterocycles. The lowest BCUT2D eigenvalue weighted by Crippen LogP contribution is -2.42. The van der Waals surface area contributed by atoms with Gasteiger partial charge in [-0.05, 0) is 24.5 Å². The lowest BCUT2D eigenvalue weighted by atomic mass is 9.96. The number of hydrogen-bond donors (Lipinski definition) is 2. The van der Waals surface area contributed by atoms with E-state index in [1.807, 2.05) is 11.8 Å². The van der Waals surface area contributed by atoms with Crippen molar-refractivity contribution in [2.45, 2.75) is 19.4 Å². The minimum atomic E-state index is -0.589. The molecule has 1 aromatic rings. The molecule has 1 fully saturated rings. The summed E-state index contributed by atoms with van der Waals surface area (Å²) in [5.41, 5.74) is 6.18. The highest BCUT2D eigenvalue weighted by molar-refractivity contribution is 5.96. The molecule has 1 aliphatic heterocycles. The van der Waals surface area contributed by atoms with E-state index in [0.717, 1.165) is 6.07 Å². The number of halogens is 1.